The van der Waals surface area contributed by atoms with Gasteiger partial charge in [0, 0.05) is 30.5 Å². The Labute approximate surface area is 206 Å². The Morgan fingerprint density at radius 2 is 2.00 bits per heavy atom. The van der Waals surface area contributed by atoms with Gasteiger partial charge in [-0.3, -0.25) is 9.78 Å². The molecule has 3 aromatic heterocycles. The molecule has 2 aliphatic rings. The first-order valence-electron chi connectivity index (χ1n) is 11.2. The standard InChI is InChI=1S/C25H22ClN7O2/c1-16-5-6-18(28-24(34)20-3-2-4-23(26)29-20)8-22(16)33-11-21(30-31-33)17-7-19(10-27-9-17)32-12-25(13-32)14-35-15-25/h2-11H,12-15H2,1H3,(H,28,34). The van der Waals surface area contributed by atoms with Gasteiger partial charge in [-0.15, -0.1) is 5.10 Å². The van der Waals surface area contributed by atoms with Gasteiger partial charge in [-0.2, -0.15) is 0 Å². The van der Waals surface area contributed by atoms with E-state index in [9.17, 15) is 4.79 Å². The lowest BCUT2D eigenvalue weighted by molar-refractivity contribution is -0.127. The normalized spacial score (nSPS) is 16.0. The van der Waals surface area contributed by atoms with E-state index < -0.39 is 0 Å². The van der Waals surface area contributed by atoms with Crippen molar-refractivity contribution in [2.45, 2.75) is 6.92 Å². The van der Waals surface area contributed by atoms with Gasteiger partial charge < -0.3 is 15.0 Å². The summed E-state index contributed by atoms with van der Waals surface area (Å²) in [6.07, 6.45) is 5.54. The molecule has 2 fully saturated rings. The molecular formula is C25H22ClN7O2. The van der Waals surface area contributed by atoms with Gasteiger partial charge in [0.05, 0.1) is 42.4 Å². The summed E-state index contributed by atoms with van der Waals surface area (Å²) in [6.45, 7) is 5.66. The van der Waals surface area contributed by atoms with Gasteiger partial charge in [-0.05, 0) is 42.8 Å². The zero-order valence-corrected chi connectivity index (χ0v) is 19.7. The summed E-state index contributed by atoms with van der Waals surface area (Å²) in [6, 6.07) is 12.6. The summed E-state index contributed by atoms with van der Waals surface area (Å²) >= 11 is 5.91. The van der Waals surface area contributed by atoms with Crippen LogP contribution in [0.2, 0.25) is 5.15 Å². The summed E-state index contributed by atoms with van der Waals surface area (Å²) in [4.78, 5) is 23.4. The van der Waals surface area contributed by atoms with E-state index in [1.807, 2.05) is 37.5 Å². The smallest absolute Gasteiger partial charge is 0.274 e. The number of halogens is 1. The van der Waals surface area contributed by atoms with Crippen molar-refractivity contribution in [2.75, 3.05) is 36.5 Å². The van der Waals surface area contributed by atoms with Crippen LogP contribution in [0, 0.1) is 12.3 Å². The third kappa shape index (κ3) is 4.13. The lowest BCUT2D eigenvalue weighted by atomic mass is 9.78. The second-order valence-corrected chi connectivity index (χ2v) is 9.52. The molecule has 35 heavy (non-hydrogen) atoms. The number of carbonyl (C=O) groups is 1. The molecule has 0 unspecified atom stereocenters. The Morgan fingerprint density at radius 1 is 1.14 bits per heavy atom. The summed E-state index contributed by atoms with van der Waals surface area (Å²) in [5, 5.41) is 11.8. The highest BCUT2D eigenvalue weighted by atomic mass is 35.5. The fourth-order valence-corrected chi connectivity index (χ4v) is 4.60. The van der Waals surface area contributed by atoms with Crippen molar-refractivity contribution in [3.63, 3.8) is 0 Å². The molecule has 2 aliphatic heterocycles. The molecule has 1 spiro atoms. The van der Waals surface area contributed by atoms with Crippen molar-refractivity contribution in [1.29, 1.82) is 0 Å². The number of amides is 1. The predicted octanol–water partition coefficient (Wildman–Crippen LogP) is 3.78. The van der Waals surface area contributed by atoms with E-state index in [2.05, 4.69) is 36.6 Å². The number of aryl methyl sites for hydroxylation is 1. The average Bonchev–Trinajstić information content (AvgIpc) is 3.29. The molecule has 0 bridgehead atoms. The first-order chi connectivity index (χ1) is 17.0. The zero-order valence-electron chi connectivity index (χ0n) is 19.0. The van der Waals surface area contributed by atoms with Crippen LogP contribution in [0.25, 0.3) is 16.9 Å². The van der Waals surface area contributed by atoms with Gasteiger partial charge >= 0.3 is 0 Å². The molecule has 4 aromatic rings. The Hall–Kier alpha value is -3.82. The molecule has 1 N–H and O–H groups in total. The first-order valence-corrected chi connectivity index (χ1v) is 11.6. The maximum absolute atomic E-state index is 12.6. The highest BCUT2D eigenvalue weighted by Gasteiger charge is 2.49. The van der Waals surface area contributed by atoms with Gasteiger partial charge in [0.25, 0.3) is 5.91 Å². The Balaban J connectivity index is 1.22. The van der Waals surface area contributed by atoms with Crippen LogP contribution in [0.1, 0.15) is 16.1 Å². The second kappa shape index (κ2) is 8.44. The molecule has 0 aliphatic carbocycles. The van der Waals surface area contributed by atoms with Crippen LogP contribution >= 0.6 is 11.6 Å². The lowest BCUT2D eigenvalue weighted by Gasteiger charge is -2.55. The number of pyridine rings is 2. The van der Waals surface area contributed by atoms with E-state index in [-0.39, 0.29) is 16.8 Å². The summed E-state index contributed by atoms with van der Waals surface area (Å²) in [5.74, 6) is -0.342. The maximum Gasteiger partial charge on any atom is 0.274 e. The summed E-state index contributed by atoms with van der Waals surface area (Å²) in [5.41, 5.74) is 5.68. The minimum absolute atomic E-state index is 0.244. The minimum atomic E-state index is -0.342. The van der Waals surface area contributed by atoms with Crippen molar-refractivity contribution < 1.29 is 9.53 Å². The lowest BCUT2D eigenvalue weighted by Crippen LogP contribution is -2.66. The van der Waals surface area contributed by atoms with Gasteiger partial charge in [0.1, 0.15) is 16.5 Å². The number of aromatic nitrogens is 5. The van der Waals surface area contributed by atoms with Gasteiger partial charge in [0.2, 0.25) is 0 Å². The molecule has 176 valence electrons. The number of anilines is 2. The Bertz CT molecular complexity index is 1420. The van der Waals surface area contributed by atoms with Crippen molar-refractivity contribution in [1.82, 2.24) is 25.0 Å². The molecule has 9 nitrogen and oxygen atoms in total. The molecule has 1 amide bonds. The number of nitrogens with one attached hydrogen (secondary N) is 1. The highest BCUT2D eigenvalue weighted by Crippen LogP contribution is 2.40. The van der Waals surface area contributed by atoms with E-state index in [1.54, 1.807) is 29.1 Å². The van der Waals surface area contributed by atoms with Gasteiger partial charge in [-0.1, -0.05) is 28.9 Å². The van der Waals surface area contributed by atoms with Crippen LogP contribution in [0.15, 0.2) is 61.1 Å². The second-order valence-electron chi connectivity index (χ2n) is 9.13. The summed E-state index contributed by atoms with van der Waals surface area (Å²) < 4.78 is 7.08. The number of rotatable bonds is 5. The number of ether oxygens (including phenoxy) is 1. The Morgan fingerprint density at radius 3 is 2.77 bits per heavy atom. The molecule has 6 rings (SSSR count). The minimum Gasteiger partial charge on any atom is -0.380 e. The fourth-order valence-electron chi connectivity index (χ4n) is 4.44. The van der Waals surface area contributed by atoms with Gasteiger partial charge in [-0.25, -0.2) is 9.67 Å². The van der Waals surface area contributed by atoms with Crippen LogP contribution in [0.3, 0.4) is 0 Å². The first kappa shape index (κ1) is 21.7. The maximum atomic E-state index is 12.6. The number of carbonyl (C=O) groups excluding carboxylic acids is 1. The van der Waals surface area contributed by atoms with Crippen LogP contribution in [0.5, 0.6) is 0 Å². The number of benzene rings is 1. The number of nitrogens with zero attached hydrogens (tertiary/aromatic N) is 6. The van der Waals surface area contributed by atoms with E-state index in [1.165, 1.54) is 0 Å². The van der Waals surface area contributed by atoms with Crippen LogP contribution in [0.4, 0.5) is 11.4 Å². The average molecular weight is 488 g/mol. The molecule has 1 aromatic carbocycles. The Kier molecular flexibility index (Phi) is 5.23. The predicted molar refractivity (Wildman–Crippen MR) is 132 cm³/mol. The molecule has 2 saturated heterocycles. The third-order valence-corrected chi connectivity index (χ3v) is 6.62. The fraction of sp³-hybridized carbons (Fsp3) is 0.240. The molecule has 0 atom stereocenters. The van der Waals surface area contributed by atoms with Crippen LogP contribution in [-0.4, -0.2) is 57.2 Å². The van der Waals surface area contributed by atoms with E-state index in [0.29, 0.717) is 11.1 Å². The van der Waals surface area contributed by atoms with E-state index >= 15 is 0 Å². The largest absolute Gasteiger partial charge is 0.380 e. The third-order valence-electron chi connectivity index (χ3n) is 6.41. The SMILES string of the molecule is Cc1ccc(NC(=O)c2cccc(Cl)n2)cc1-n1cc(-c2cncc(N3CC4(COC4)C3)c2)nn1. The van der Waals surface area contributed by atoms with E-state index in [0.717, 1.165) is 54.5 Å². The van der Waals surface area contributed by atoms with E-state index in [4.69, 9.17) is 16.3 Å². The topological polar surface area (TPSA) is 98.1 Å². The molecule has 10 heteroatoms. The quantitative estimate of drug-likeness (QED) is 0.428. The number of hydrogen-bond donors (Lipinski definition) is 1. The van der Waals surface area contributed by atoms with Crippen molar-refractivity contribution >= 4 is 28.9 Å². The monoisotopic (exact) mass is 487 g/mol. The van der Waals surface area contributed by atoms with Crippen LogP contribution < -0.4 is 10.2 Å². The molecule has 0 saturated carbocycles. The zero-order chi connectivity index (χ0) is 24.0. The van der Waals surface area contributed by atoms with Crippen LogP contribution in [-0.2, 0) is 4.74 Å². The number of hydrogen-bond acceptors (Lipinski definition) is 7. The summed E-state index contributed by atoms with van der Waals surface area (Å²) in [7, 11) is 0. The molecular weight excluding hydrogens is 466 g/mol. The van der Waals surface area contributed by atoms with Crippen molar-refractivity contribution in [3.8, 4) is 16.9 Å². The molecule has 5 heterocycles. The van der Waals surface area contributed by atoms with Gasteiger partial charge in [0.15, 0.2) is 0 Å². The highest BCUT2D eigenvalue weighted by molar-refractivity contribution is 6.29. The van der Waals surface area contributed by atoms with Crippen molar-refractivity contribution in [2.24, 2.45) is 5.41 Å². The van der Waals surface area contributed by atoms with Crippen molar-refractivity contribution in [3.05, 3.63) is 77.5 Å². The molecule has 0 radical (unpaired) electrons.